The topological polar surface area (TPSA) is 136 Å². The third kappa shape index (κ3) is 12.4. The van der Waals surface area contributed by atoms with E-state index in [1.165, 1.54) is 19.2 Å². The van der Waals surface area contributed by atoms with E-state index in [1.807, 2.05) is 27.7 Å². The van der Waals surface area contributed by atoms with Crippen LogP contribution in [0.4, 0.5) is 9.59 Å². The SMILES string of the molecule is CCC(=O)OC(C)CN[C@@H](Cc1ccc(OC(=O)OC(C)C(C)C)c(OC(=O)OC(C)C(C)C)c1)C(=O)OC. The Bertz CT molecular complexity index is 962. The monoisotopic (exact) mass is 553 g/mol. The van der Waals surface area contributed by atoms with Crippen molar-refractivity contribution in [1.82, 2.24) is 5.32 Å². The summed E-state index contributed by atoms with van der Waals surface area (Å²) in [6.45, 7) is 14.6. The van der Waals surface area contributed by atoms with Gasteiger partial charge in [0, 0.05) is 13.0 Å². The summed E-state index contributed by atoms with van der Waals surface area (Å²) in [5, 5.41) is 3.04. The number of methoxy groups -OCH3 is 1. The van der Waals surface area contributed by atoms with Crippen molar-refractivity contribution in [2.24, 2.45) is 11.8 Å². The summed E-state index contributed by atoms with van der Waals surface area (Å²) in [4.78, 5) is 48.8. The van der Waals surface area contributed by atoms with E-state index in [1.54, 1.807) is 33.8 Å². The number of ether oxygens (including phenoxy) is 6. The molecule has 0 aliphatic heterocycles. The first kappa shape index (κ1) is 33.7. The zero-order valence-corrected chi connectivity index (χ0v) is 24.4. The number of esters is 2. The Morgan fingerprint density at radius 1 is 0.795 bits per heavy atom. The van der Waals surface area contributed by atoms with Crippen LogP contribution in [0.25, 0.3) is 0 Å². The van der Waals surface area contributed by atoms with Gasteiger partial charge >= 0.3 is 24.2 Å². The first-order valence-corrected chi connectivity index (χ1v) is 13.2. The molecule has 0 amide bonds. The van der Waals surface area contributed by atoms with E-state index in [9.17, 15) is 19.2 Å². The van der Waals surface area contributed by atoms with E-state index >= 15 is 0 Å². The van der Waals surface area contributed by atoms with E-state index < -0.39 is 42.6 Å². The van der Waals surface area contributed by atoms with Crippen LogP contribution in [-0.4, -0.2) is 62.3 Å². The molecule has 0 radical (unpaired) electrons. The molecule has 0 fully saturated rings. The van der Waals surface area contributed by atoms with Gasteiger partial charge in [0.25, 0.3) is 0 Å². The molecule has 0 aliphatic carbocycles. The maximum Gasteiger partial charge on any atom is 0.514 e. The molecule has 4 atom stereocenters. The van der Waals surface area contributed by atoms with Gasteiger partial charge in [0.05, 0.1) is 7.11 Å². The van der Waals surface area contributed by atoms with Gasteiger partial charge in [-0.3, -0.25) is 9.59 Å². The fourth-order valence-electron chi connectivity index (χ4n) is 2.92. The number of carbonyl (C=O) groups is 4. The van der Waals surface area contributed by atoms with Crippen LogP contribution in [0.5, 0.6) is 11.5 Å². The number of benzene rings is 1. The van der Waals surface area contributed by atoms with Crippen molar-refractivity contribution in [2.75, 3.05) is 13.7 Å². The molecule has 0 bridgehead atoms. The smallest absolute Gasteiger partial charge is 0.468 e. The first-order valence-electron chi connectivity index (χ1n) is 13.2. The highest BCUT2D eigenvalue weighted by molar-refractivity contribution is 5.76. The molecule has 1 N–H and O–H groups in total. The Balaban J connectivity index is 3.16. The molecule has 0 aromatic heterocycles. The minimum absolute atomic E-state index is 0.0537. The number of hydrogen-bond acceptors (Lipinski definition) is 11. The zero-order valence-electron chi connectivity index (χ0n) is 24.4. The molecule has 39 heavy (non-hydrogen) atoms. The van der Waals surface area contributed by atoms with Crippen molar-refractivity contribution in [3.05, 3.63) is 23.8 Å². The van der Waals surface area contributed by atoms with Crippen LogP contribution in [0.1, 0.15) is 67.4 Å². The molecule has 11 heteroatoms. The molecule has 0 heterocycles. The molecule has 1 aromatic carbocycles. The highest BCUT2D eigenvalue weighted by atomic mass is 16.8. The standard InChI is InChI=1S/C28H43NO10/c1-10-25(30)35-18(6)15-29-22(26(31)34-9)13-21-11-12-23(38-27(32)36-19(7)16(2)3)24(14-21)39-28(33)37-20(8)17(4)5/h11-12,14,16-20,22,29H,10,13,15H2,1-9H3/t18?,19?,20?,22-/m0/s1. The van der Waals surface area contributed by atoms with Crippen molar-refractivity contribution < 1.29 is 47.6 Å². The number of hydrogen-bond donors (Lipinski definition) is 1. The normalized spacial score (nSPS) is 14.1. The van der Waals surface area contributed by atoms with Crippen LogP contribution >= 0.6 is 0 Å². The van der Waals surface area contributed by atoms with Crippen LogP contribution in [0, 0.1) is 11.8 Å². The molecule has 3 unspecified atom stereocenters. The summed E-state index contributed by atoms with van der Waals surface area (Å²) in [6, 6.07) is 3.71. The third-order valence-electron chi connectivity index (χ3n) is 6.04. The Morgan fingerprint density at radius 3 is 1.82 bits per heavy atom. The van der Waals surface area contributed by atoms with Crippen molar-refractivity contribution >= 4 is 24.2 Å². The second-order valence-corrected chi connectivity index (χ2v) is 9.96. The second-order valence-electron chi connectivity index (χ2n) is 9.96. The van der Waals surface area contributed by atoms with Crippen molar-refractivity contribution in [3.63, 3.8) is 0 Å². The predicted molar refractivity (Wildman–Crippen MR) is 143 cm³/mol. The van der Waals surface area contributed by atoms with Crippen molar-refractivity contribution in [1.29, 1.82) is 0 Å². The van der Waals surface area contributed by atoms with Crippen LogP contribution in [0.15, 0.2) is 18.2 Å². The number of carbonyl (C=O) groups excluding carboxylic acids is 4. The molecular weight excluding hydrogens is 510 g/mol. The molecule has 1 aromatic rings. The van der Waals surface area contributed by atoms with E-state index in [0.717, 1.165) is 0 Å². The van der Waals surface area contributed by atoms with Crippen molar-refractivity contribution in [2.45, 2.75) is 92.6 Å². The van der Waals surface area contributed by atoms with Gasteiger partial charge in [-0.25, -0.2) is 9.59 Å². The summed E-state index contributed by atoms with van der Waals surface area (Å²) in [5.74, 6) is -0.912. The maximum atomic E-state index is 12.5. The largest absolute Gasteiger partial charge is 0.514 e. The van der Waals surface area contributed by atoms with Gasteiger partial charge in [-0.2, -0.15) is 0 Å². The lowest BCUT2D eigenvalue weighted by molar-refractivity contribution is -0.147. The van der Waals surface area contributed by atoms with E-state index in [-0.39, 0.29) is 48.7 Å². The Labute approximate surface area is 230 Å². The maximum absolute atomic E-state index is 12.5. The Kier molecular flexibility index (Phi) is 14.3. The average Bonchev–Trinajstić information content (AvgIpc) is 2.86. The molecule has 0 saturated heterocycles. The lowest BCUT2D eigenvalue weighted by atomic mass is 10.0. The van der Waals surface area contributed by atoms with E-state index in [4.69, 9.17) is 28.4 Å². The van der Waals surface area contributed by atoms with Gasteiger partial charge in [-0.15, -0.1) is 0 Å². The lowest BCUT2D eigenvalue weighted by Crippen LogP contribution is -2.43. The van der Waals surface area contributed by atoms with E-state index in [2.05, 4.69) is 5.32 Å². The molecule has 1 rings (SSSR count). The van der Waals surface area contributed by atoms with Gasteiger partial charge in [-0.1, -0.05) is 40.7 Å². The second kappa shape index (κ2) is 16.6. The van der Waals surface area contributed by atoms with Gasteiger partial charge in [0.1, 0.15) is 24.4 Å². The fraction of sp³-hybridized carbons (Fsp3) is 0.643. The summed E-state index contributed by atoms with van der Waals surface area (Å²) >= 11 is 0. The first-order chi connectivity index (χ1) is 18.3. The summed E-state index contributed by atoms with van der Waals surface area (Å²) in [5.41, 5.74) is 0.562. The minimum Gasteiger partial charge on any atom is -0.468 e. The van der Waals surface area contributed by atoms with Crippen LogP contribution < -0.4 is 14.8 Å². The average molecular weight is 554 g/mol. The van der Waals surface area contributed by atoms with Crippen LogP contribution in [-0.2, 0) is 35.0 Å². The third-order valence-corrected chi connectivity index (χ3v) is 6.04. The molecule has 0 saturated carbocycles. The minimum atomic E-state index is -0.976. The van der Waals surface area contributed by atoms with Crippen LogP contribution in [0.2, 0.25) is 0 Å². The Hall–Kier alpha value is -3.34. The molecule has 0 spiro atoms. The molecular formula is C28H43NO10. The van der Waals surface area contributed by atoms with Gasteiger partial charge in [0.15, 0.2) is 11.5 Å². The predicted octanol–water partition coefficient (Wildman–Crippen LogP) is 4.82. The quantitative estimate of drug-likeness (QED) is 0.193. The van der Waals surface area contributed by atoms with Crippen molar-refractivity contribution in [3.8, 4) is 11.5 Å². The highest BCUT2D eigenvalue weighted by Crippen LogP contribution is 2.30. The zero-order chi connectivity index (χ0) is 29.7. The summed E-state index contributed by atoms with van der Waals surface area (Å²) in [6.07, 6.45) is -2.86. The van der Waals surface area contributed by atoms with Gasteiger partial charge in [0.2, 0.25) is 0 Å². The number of nitrogens with one attached hydrogen (secondary N) is 1. The lowest BCUT2D eigenvalue weighted by Gasteiger charge is -2.21. The van der Waals surface area contributed by atoms with Crippen LogP contribution in [0.3, 0.4) is 0 Å². The van der Waals surface area contributed by atoms with E-state index in [0.29, 0.717) is 5.56 Å². The Morgan fingerprint density at radius 2 is 1.33 bits per heavy atom. The molecule has 220 valence electrons. The highest BCUT2D eigenvalue weighted by Gasteiger charge is 2.24. The number of rotatable bonds is 14. The van der Waals surface area contributed by atoms with Gasteiger partial charge in [-0.05, 0) is 56.7 Å². The molecule has 0 aliphatic rings. The van der Waals surface area contributed by atoms with Gasteiger partial charge < -0.3 is 33.7 Å². The summed E-state index contributed by atoms with van der Waals surface area (Å²) in [7, 11) is 1.26. The fourth-order valence-corrected chi connectivity index (χ4v) is 2.92. The molecule has 11 nitrogen and oxygen atoms in total. The summed E-state index contributed by atoms with van der Waals surface area (Å²) < 4.78 is 31.4.